The topological polar surface area (TPSA) is 113 Å². The van der Waals surface area contributed by atoms with Crippen LogP contribution in [-0.4, -0.2) is 117 Å². The van der Waals surface area contributed by atoms with Crippen LogP contribution < -0.4 is 37.7 Å². The third-order valence-electron chi connectivity index (χ3n) is 15.7. The molecule has 0 spiro atoms. The Hall–Kier alpha value is -7.00. The van der Waals surface area contributed by atoms with Crippen molar-refractivity contribution in [1.29, 1.82) is 0 Å². The Bertz CT molecular complexity index is 3730. The number of rotatable bonds is 6. The van der Waals surface area contributed by atoms with Gasteiger partial charge in [-0.1, -0.05) is 105 Å². The summed E-state index contributed by atoms with van der Waals surface area (Å²) >= 11 is 3.50. The third-order valence-corrected chi connectivity index (χ3v) is 23.7. The lowest BCUT2D eigenvalue weighted by Gasteiger charge is -2.38. The highest BCUT2D eigenvalue weighted by Crippen LogP contribution is 2.45. The number of hydrogen-bond donors (Lipinski definition) is 0. The van der Waals surface area contributed by atoms with Gasteiger partial charge in [0.05, 0.1) is 11.5 Å². The van der Waals surface area contributed by atoms with Crippen molar-refractivity contribution in [2.45, 2.75) is 99.5 Å². The van der Waals surface area contributed by atoms with E-state index in [0.717, 1.165) is 22.3 Å². The molecule has 0 fully saturated rings. The van der Waals surface area contributed by atoms with Gasteiger partial charge in [-0.3, -0.25) is 0 Å². The van der Waals surface area contributed by atoms with Gasteiger partial charge in [0.15, 0.2) is 11.4 Å². The Kier molecular flexibility index (Phi) is 21.4. The lowest BCUT2D eigenvalue weighted by atomic mass is 9.86. The summed E-state index contributed by atoms with van der Waals surface area (Å²) in [5, 5.41) is 17.1. The Balaban J connectivity index is 0.000000246. The zero-order valence-corrected chi connectivity index (χ0v) is 57.5. The molecule has 84 heavy (non-hydrogen) atoms. The number of fused-ring (bicyclic) bond motifs is 4. The molecule has 2 aliphatic heterocycles. The molecule has 2 aliphatic carbocycles. The van der Waals surface area contributed by atoms with E-state index in [4.69, 9.17) is 14.3 Å². The minimum Gasteiger partial charge on any atom is -1.00 e. The first kappa shape index (κ1) is 67.8. The molecule has 0 bridgehead atoms. The maximum Gasteiger partial charge on any atom is 0.373 e. The summed E-state index contributed by atoms with van der Waals surface area (Å²) in [4.78, 5) is 44.7. The highest BCUT2D eigenvalue weighted by Gasteiger charge is 2.42. The molecule has 5 aromatic carbocycles. The van der Waals surface area contributed by atoms with Gasteiger partial charge in [0.25, 0.3) is 0 Å². The van der Waals surface area contributed by atoms with E-state index in [0.29, 0.717) is 5.56 Å². The molecule has 0 N–H and O–H groups in total. The van der Waals surface area contributed by atoms with Gasteiger partial charge in [-0.25, -0.2) is 13.9 Å². The molecule has 0 saturated carbocycles. The molecule has 4 aliphatic rings. The maximum atomic E-state index is 12.8. The molecule has 2 heterocycles. The molecule has 0 unspecified atom stereocenters. The summed E-state index contributed by atoms with van der Waals surface area (Å²) in [5.74, 6) is -1.43. The maximum absolute atomic E-state index is 12.8. The van der Waals surface area contributed by atoms with Gasteiger partial charge in [-0.2, -0.15) is 9.59 Å². The molecule has 0 radical (unpaired) electrons. The molecule has 9 rings (SSSR count). The summed E-state index contributed by atoms with van der Waals surface area (Å²) in [6.45, 7) is 28.3. The Morgan fingerprint density at radius 2 is 0.952 bits per heavy atom. The van der Waals surface area contributed by atoms with Crippen LogP contribution in [0.3, 0.4) is 0 Å². The van der Waals surface area contributed by atoms with Crippen molar-refractivity contribution in [1.82, 2.24) is 0 Å². The third kappa shape index (κ3) is 14.7. The summed E-state index contributed by atoms with van der Waals surface area (Å²) in [6, 6.07) is 31.5. The van der Waals surface area contributed by atoms with Gasteiger partial charge in [0.1, 0.15) is 49.9 Å². The van der Waals surface area contributed by atoms with Crippen LogP contribution in [0, 0.1) is 20.8 Å². The van der Waals surface area contributed by atoms with Gasteiger partial charge in [0, 0.05) is 68.3 Å². The summed E-state index contributed by atoms with van der Waals surface area (Å²) < 4.78 is 11.1. The monoisotopic (exact) mass is 1250 g/mol. The van der Waals surface area contributed by atoms with E-state index in [2.05, 4.69) is 249 Å². The quantitative estimate of drug-likeness (QED) is 0.0943. The van der Waals surface area contributed by atoms with Gasteiger partial charge < -0.3 is 36.8 Å². The van der Waals surface area contributed by atoms with E-state index in [9.17, 15) is 14.7 Å². The van der Waals surface area contributed by atoms with Crippen molar-refractivity contribution in [3.8, 4) is 0 Å². The largest absolute Gasteiger partial charge is 1.00 e. The van der Waals surface area contributed by atoms with Crippen LogP contribution in [0.5, 0.6) is 0 Å². The van der Waals surface area contributed by atoms with Crippen LogP contribution in [0.2, 0.25) is 26.2 Å². The van der Waals surface area contributed by atoms with Crippen LogP contribution in [0.15, 0.2) is 153 Å². The van der Waals surface area contributed by atoms with Crippen molar-refractivity contribution in [2.75, 3.05) is 66.2 Å². The number of aryl methyl sites for hydroxylation is 3. The van der Waals surface area contributed by atoms with Crippen molar-refractivity contribution in [3.63, 3.8) is 0 Å². The standard InChI is InChI=1S/C31H39N2O2Si.C27H30N2O2Si.C11H15Br.CO2.ClH/c1-20-17-21(30(34)35-31(2,3)4)11-14-24(20)29-25-15-12-22(32(5)6)18-27(25)36(9,10)28-19-23(33(7)8)13-16-26(28)29;1-17-14-18(27(30)31)8-11-21(17)26-22-12-9-19(28(2)3)15-24(22)32(6,7)25-16-20(29(4)5)10-13-23(25)26;1-8-7-9(11(2,3)4)5-6-10(8)12;2-1-3;/h11-19H,1-10H3;8-16H,1-7H3;5-7H,1-4H3;;1H/q+1;;;;/p-1. The van der Waals surface area contributed by atoms with Crippen LogP contribution in [-0.2, 0) is 19.7 Å². The minimum atomic E-state index is -1.99. The number of carbonyl (C=O) groups is 2. The van der Waals surface area contributed by atoms with E-state index in [-0.39, 0.29) is 35.5 Å². The predicted octanol–water partition coefficient (Wildman–Crippen LogP) is 8.88. The number of carboxylic acid groups (broad SMARTS) is 1. The zero-order valence-electron chi connectivity index (χ0n) is 53.1. The van der Waals surface area contributed by atoms with Crippen molar-refractivity contribution in [2.24, 2.45) is 0 Å². The smallest absolute Gasteiger partial charge is 0.373 e. The van der Waals surface area contributed by atoms with E-state index in [1.54, 1.807) is 12.1 Å². The molecule has 5 aromatic rings. The number of carboxylic acids is 1. The lowest BCUT2D eigenvalue weighted by Crippen LogP contribution is -3.00. The van der Waals surface area contributed by atoms with Gasteiger partial charge >= 0.3 is 12.1 Å². The molecule has 0 aromatic heterocycles. The molecular formula is C70H84BrClN4O6Si2. The zero-order chi connectivity index (χ0) is 62.0. The van der Waals surface area contributed by atoms with Crippen molar-refractivity contribution < 1.29 is 50.6 Å². The van der Waals surface area contributed by atoms with E-state index in [1.165, 1.54) is 92.6 Å². The average molecular weight is 1250 g/mol. The van der Waals surface area contributed by atoms with E-state index < -0.39 is 27.7 Å². The van der Waals surface area contributed by atoms with Crippen LogP contribution in [0.4, 0.5) is 11.4 Å². The van der Waals surface area contributed by atoms with Crippen LogP contribution >= 0.6 is 15.9 Å². The summed E-state index contributed by atoms with van der Waals surface area (Å²) in [7, 11) is 12.7. The average Bonchev–Trinajstić information content (AvgIpc) is 0.958. The second-order valence-electron chi connectivity index (χ2n) is 25.6. The second-order valence-corrected chi connectivity index (χ2v) is 35.2. The van der Waals surface area contributed by atoms with Crippen molar-refractivity contribution >= 4 is 94.5 Å². The Labute approximate surface area is 516 Å². The molecule has 0 saturated heterocycles. The predicted molar refractivity (Wildman–Crippen MR) is 351 cm³/mol. The van der Waals surface area contributed by atoms with Gasteiger partial charge in [0.2, 0.25) is 0 Å². The van der Waals surface area contributed by atoms with Crippen molar-refractivity contribution in [3.05, 3.63) is 209 Å². The van der Waals surface area contributed by atoms with E-state index in [1.807, 2.05) is 45.9 Å². The van der Waals surface area contributed by atoms with Crippen LogP contribution in [0.25, 0.3) is 11.1 Å². The number of nitrogens with zero attached hydrogens (tertiary/aromatic N) is 4. The number of halogens is 2. The number of hydrogen-bond acceptors (Lipinski definition) is 8. The fourth-order valence-electron chi connectivity index (χ4n) is 10.9. The van der Waals surface area contributed by atoms with Gasteiger partial charge in [-0.05, 0) is 201 Å². The number of esters is 1. The Morgan fingerprint density at radius 3 is 1.30 bits per heavy atom. The molecule has 0 atom stereocenters. The van der Waals surface area contributed by atoms with Crippen LogP contribution in [0.1, 0.15) is 107 Å². The van der Waals surface area contributed by atoms with E-state index >= 15 is 0 Å². The first-order chi connectivity index (χ1) is 38.5. The fourth-order valence-corrected chi connectivity index (χ4v) is 17.3. The normalized spacial score (nSPS) is 15.0. The number of allylic oxidation sites excluding steroid dienone is 10. The number of carbonyl (C=O) groups excluding carboxylic acids is 4. The molecule has 442 valence electrons. The molecule has 0 amide bonds. The summed E-state index contributed by atoms with van der Waals surface area (Å²) in [6.07, 6.45) is 13.9. The first-order valence-corrected chi connectivity index (χ1v) is 34.8. The number of benzene rings is 5. The molecule has 10 nitrogen and oxygen atoms in total. The minimum absolute atomic E-state index is 0. The Morgan fingerprint density at radius 1 is 0.560 bits per heavy atom. The highest BCUT2D eigenvalue weighted by atomic mass is 79.9. The molecule has 14 heteroatoms. The summed E-state index contributed by atoms with van der Waals surface area (Å²) in [5.41, 5.74) is 19.8. The number of aromatic carboxylic acids is 1. The van der Waals surface area contributed by atoms with Gasteiger partial charge in [-0.15, -0.1) is 0 Å². The second kappa shape index (κ2) is 26.5. The molecular weight excluding hydrogens is 1160 g/mol. The number of anilines is 2. The highest BCUT2D eigenvalue weighted by molar-refractivity contribution is 9.10. The lowest BCUT2D eigenvalue weighted by molar-refractivity contribution is -0.462. The number of ether oxygens (including phenoxy) is 1. The first-order valence-electron chi connectivity index (χ1n) is 28.0. The fraction of sp³-hybridized carbons (Fsp3) is 0.329. The SMILES string of the molecule is Cc1cc(C(=O)OC(C)(C)C)ccc1C1=C2C=CC(=[N+](C)C)C=C2[Si](C)(C)c2cc(N(C)C)ccc21.Cc1cc(C(=O)[O-])ccc1C1=C2C=CC(=[N+](C)C)C=C2[Si](C)(C)c2cc(N(C)C)ccc21.Cc1cc(C(C)(C)C)ccc1Br.O=C=O.[Cl-].